The van der Waals surface area contributed by atoms with Crippen molar-refractivity contribution >= 4 is 5.97 Å². The number of carbonyl (C=O) groups is 1. The van der Waals surface area contributed by atoms with Crippen LogP contribution in [0.15, 0.2) is 30.3 Å². The number of phenolic OH excluding ortho intramolecular Hbond substituents is 1. The largest absolute Gasteiger partial charge is 0.502 e. The summed E-state index contributed by atoms with van der Waals surface area (Å²) in [6.07, 6.45) is -7.76. The number of esters is 1. The summed E-state index contributed by atoms with van der Waals surface area (Å²) in [6, 6.07) is 7.19. The summed E-state index contributed by atoms with van der Waals surface area (Å²) in [7, 11) is 5.53. The monoisotopic (exact) mass is 496 g/mol. The number of hydrogen-bond acceptors (Lipinski definition) is 12. The number of aromatic hydroxyl groups is 1. The summed E-state index contributed by atoms with van der Waals surface area (Å²) in [5.74, 6) is -0.105. The molecule has 0 spiro atoms. The lowest BCUT2D eigenvalue weighted by atomic mass is 9.99. The molecule has 0 aromatic heterocycles. The van der Waals surface area contributed by atoms with Crippen molar-refractivity contribution in [1.29, 1.82) is 0 Å². The van der Waals surface area contributed by atoms with Crippen LogP contribution in [0.1, 0.15) is 10.4 Å². The van der Waals surface area contributed by atoms with Gasteiger partial charge in [0.15, 0.2) is 23.0 Å². The molecule has 1 saturated heterocycles. The van der Waals surface area contributed by atoms with Crippen molar-refractivity contribution in [2.75, 3.05) is 35.0 Å². The molecular formula is C23H28O12. The SMILES string of the molecule is COc1ccc(OC[C@H]2OC(OC(=O)c3cc(OC)c(O)c(OC)c3)[C@H](O)[C@@H](O)[C@@H]2O)cc1OC. The van der Waals surface area contributed by atoms with Gasteiger partial charge in [-0.3, -0.25) is 0 Å². The smallest absolute Gasteiger partial charge is 0.340 e. The van der Waals surface area contributed by atoms with E-state index in [0.29, 0.717) is 17.2 Å². The molecule has 1 unspecified atom stereocenters. The molecule has 12 nitrogen and oxygen atoms in total. The average Bonchev–Trinajstić information content (AvgIpc) is 2.87. The van der Waals surface area contributed by atoms with E-state index in [0.717, 1.165) is 0 Å². The minimum atomic E-state index is -1.74. The van der Waals surface area contributed by atoms with Crippen LogP contribution in [-0.4, -0.2) is 92.1 Å². The molecule has 192 valence electrons. The summed E-state index contributed by atoms with van der Waals surface area (Å²) >= 11 is 0. The molecule has 0 amide bonds. The predicted molar refractivity (Wildman–Crippen MR) is 118 cm³/mol. The van der Waals surface area contributed by atoms with E-state index in [1.54, 1.807) is 18.2 Å². The maximum Gasteiger partial charge on any atom is 0.340 e. The lowest BCUT2D eigenvalue weighted by Gasteiger charge is -2.39. The number of hydrogen-bond donors (Lipinski definition) is 4. The van der Waals surface area contributed by atoms with Crippen molar-refractivity contribution in [3.8, 4) is 34.5 Å². The van der Waals surface area contributed by atoms with Crippen molar-refractivity contribution in [2.24, 2.45) is 0 Å². The summed E-state index contributed by atoms with van der Waals surface area (Å²) in [4.78, 5) is 12.7. The Balaban J connectivity index is 1.72. The van der Waals surface area contributed by atoms with Gasteiger partial charge in [0.25, 0.3) is 0 Å². The van der Waals surface area contributed by atoms with Crippen LogP contribution < -0.4 is 23.7 Å². The number of aliphatic hydroxyl groups excluding tert-OH is 3. The molecular weight excluding hydrogens is 468 g/mol. The molecule has 4 N–H and O–H groups in total. The number of phenols is 1. The molecule has 1 aliphatic rings. The fourth-order valence-electron chi connectivity index (χ4n) is 3.42. The lowest BCUT2D eigenvalue weighted by molar-refractivity contribution is -0.284. The van der Waals surface area contributed by atoms with Crippen LogP contribution in [0.25, 0.3) is 0 Å². The average molecular weight is 496 g/mol. The topological polar surface area (TPSA) is 163 Å². The highest BCUT2D eigenvalue weighted by atomic mass is 16.7. The number of carbonyl (C=O) groups excluding carboxylic acids is 1. The van der Waals surface area contributed by atoms with Gasteiger partial charge in [-0.25, -0.2) is 4.79 Å². The van der Waals surface area contributed by atoms with Gasteiger partial charge in [-0.2, -0.15) is 0 Å². The summed E-state index contributed by atoms with van der Waals surface area (Å²) in [5, 5.41) is 40.9. The third-order valence-corrected chi connectivity index (χ3v) is 5.38. The van der Waals surface area contributed by atoms with Gasteiger partial charge in [0.05, 0.1) is 34.0 Å². The molecule has 1 aliphatic heterocycles. The third kappa shape index (κ3) is 5.62. The molecule has 0 aliphatic carbocycles. The Hall–Kier alpha value is -3.45. The minimum absolute atomic E-state index is 0.0435. The number of aliphatic hydroxyl groups is 3. The maximum absolute atomic E-state index is 12.7. The Kier molecular flexibility index (Phi) is 8.46. The highest BCUT2D eigenvalue weighted by molar-refractivity contribution is 5.91. The molecule has 5 atom stereocenters. The summed E-state index contributed by atoms with van der Waals surface area (Å²) in [5.41, 5.74) is -0.0777. The van der Waals surface area contributed by atoms with Gasteiger partial charge >= 0.3 is 5.97 Å². The zero-order valence-corrected chi connectivity index (χ0v) is 19.5. The van der Waals surface area contributed by atoms with E-state index in [4.69, 9.17) is 33.2 Å². The fraction of sp³-hybridized carbons (Fsp3) is 0.435. The normalized spacial score (nSPS) is 23.8. The Morgan fingerprint density at radius 3 is 2.00 bits per heavy atom. The van der Waals surface area contributed by atoms with E-state index in [-0.39, 0.29) is 29.4 Å². The quantitative estimate of drug-likeness (QED) is 0.356. The van der Waals surface area contributed by atoms with Crippen molar-refractivity contribution in [3.05, 3.63) is 35.9 Å². The van der Waals surface area contributed by atoms with Crippen LogP contribution in [0.2, 0.25) is 0 Å². The van der Waals surface area contributed by atoms with Gasteiger partial charge in [-0.15, -0.1) is 0 Å². The van der Waals surface area contributed by atoms with Crippen molar-refractivity contribution in [2.45, 2.75) is 30.7 Å². The molecule has 0 saturated carbocycles. The van der Waals surface area contributed by atoms with E-state index in [1.807, 2.05) is 0 Å². The first-order chi connectivity index (χ1) is 16.7. The molecule has 12 heteroatoms. The van der Waals surface area contributed by atoms with Crippen molar-refractivity contribution in [3.63, 3.8) is 0 Å². The van der Waals surface area contributed by atoms with Gasteiger partial charge in [-0.1, -0.05) is 0 Å². The molecule has 35 heavy (non-hydrogen) atoms. The molecule has 0 radical (unpaired) electrons. The van der Waals surface area contributed by atoms with E-state index >= 15 is 0 Å². The highest BCUT2D eigenvalue weighted by Gasteiger charge is 2.46. The van der Waals surface area contributed by atoms with E-state index < -0.39 is 36.7 Å². The number of benzene rings is 2. The van der Waals surface area contributed by atoms with Crippen LogP contribution in [0, 0.1) is 0 Å². The first-order valence-corrected chi connectivity index (χ1v) is 10.4. The lowest BCUT2D eigenvalue weighted by Crippen LogP contribution is -2.59. The fourth-order valence-corrected chi connectivity index (χ4v) is 3.42. The third-order valence-electron chi connectivity index (χ3n) is 5.38. The van der Waals surface area contributed by atoms with Crippen molar-refractivity contribution in [1.82, 2.24) is 0 Å². The van der Waals surface area contributed by atoms with Crippen molar-refractivity contribution < 1.29 is 58.4 Å². The van der Waals surface area contributed by atoms with Gasteiger partial charge in [-0.05, 0) is 24.3 Å². The number of ether oxygens (including phenoxy) is 7. The van der Waals surface area contributed by atoms with E-state index in [1.165, 1.54) is 40.6 Å². The zero-order valence-electron chi connectivity index (χ0n) is 19.5. The zero-order chi connectivity index (χ0) is 25.7. The summed E-state index contributed by atoms with van der Waals surface area (Å²) in [6.45, 7) is -0.255. The first-order valence-electron chi connectivity index (χ1n) is 10.4. The van der Waals surface area contributed by atoms with E-state index in [2.05, 4.69) is 0 Å². The Morgan fingerprint density at radius 2 is 1.43 bits per heavy atom. The van der Waals surface area contributed by atoms with Crippen LogP contribution in [-0.2, 0) is 9.47 Å². The molecule has 0 bridgehead atoms. The molecule has 1 heterocycles. The Morgan fingerprint density at radius 1 is 0.829 bits per heavy atom. The molecule has 1 fully saturated rings. The van der Waals surface area contributed by atoms with Gasteiger partial charge in [0.2, 0.25) is 12.0 Å². The second-order valence-electron chi connectivity index (χ2n) is 7.48. The predicted octanol–water partition coefficient (Wildman–Crippen LogP) is 0.470. The first kappa shape index (κ1) is 26.2. The second kappa shape index (κ2) is 11.3. The standard InChI is InChI=1S/C23H28O12/c1-29-13-6-5-12(9-14(13)30-2)33-10-17-19(25)20(26)21(27)23(34-17)35-22(28)11-7-15(31-3)18(24)16(8-11)32-4/h5-9,17,19-21,23-27H,10H2,1-4H3/t17-,19-,20+,21-,23?/m1/s1. The minimum Gasteiger partial charge on any atom is -0.502 e. The van der Waals surface area contributed by atoms with Crippen LogP contribution in [0.3, 0.4) is 0 Å². The van der Waals surface area contributed by atoms with Gasteiger partial charge in [0, 0.05) is 6.07 Å². The highest BCUT2D eigenvalue weighted by Crippen LogP contribution is 2.37. The maximum atomic E-state index is 12.7. The van der Waals surface area contributed by atoms with Crippen LogP contribution in [0.5, 0.6) is 34.5 Å². The number of methoxy groups -OCH3 is 4. The van der Waals surface area contributed by atoms with Crippen LogP contribution in [0.4, 0.5) is 0 Å². The van der Waals surface area contributed by atoms with Gasteiger partial charge < -0.3 is 53.6 Å². The molecule has 2 aromatic carbocycles. The van der Waals surface area contributed by atoms with E-state index in [9.17, 15) is 25.2 Å². The molecule has 2 aromatic rings. The summed E-state index contributed by atoms with van der Waals surface area (Å²) < 4.78 is 36.8. The Bertz CT molecular complexity index is 1000. The van der Waals surface area contributed by atoms with Gasteiger partial charge in [0.1, 0.15) is 36.8 Å². The Labute approximate surface area is 201 Å². The number of rotatable bonds is 9. The molecule has 3 rings (SSSR count). The van der Waals surface area contributed by atoms with Crippen LogP contribution >= 0.6 is 0 Å². The second-order valence-corrected chi connectivity index (χ2v) is 7.48.